The van der Waals surface area contributed by atoms with E-state index in [1.807, 2.05) is 0 Å². The summed E-state index contributed by atoms with van der Waals surface area (Å²) in [5.74, 6) is 0.760. The summed E-state index contributed by atoms with van der Waals surface area (Å²) in [6, 6.07) is 0.566. The second-order valence-corrected chi connectivity index (χ2v) is 4.51. The van der Waals surface area contributed by atoms with Crippen LogP contribution < -0.4 is 0 Å². The molecule has 1 heterocycles. The average Bonchev–Trinajstić information content (AvgIpc) is 2.42. The van der Waals surface area contributed by atoms with Crippen molar-refractivity contribution in [2.45, 2.75) is 44.8 Å². The van der Waals surface area contributed by atoms with Crippen LogP contribution in [0.3, 0.4) is 0 Å². The topological polar surface area (TPSA) is 12.5 Å². The van der Waals surface area contributed by atoms with Crippen molar-refractivity contribution < 1.29 is 4.74 Å². The predicted octanol–water partition coefficient (Wildman–Crippen LogP) is 2.50. The highest BCUT2D eigenvalue weighted by Gasteiger charge is 2.21. The summed E-state index contributed by atoms with van der Waals surface area (Å²) >= 11 is 5.99. The van der Waals surface area contributed by atoms with Crippen LogP contribution in [0.5, 0.6) is 0 Å². The zero-order valence-electron chi connectivity index (χ0n) is 9.34. The SMILES string of the molecule is COC(C)CN1CCCCCC1CCl. The molecule has 2 unspecified atom stereocenters. The van der Waals surface area contributed by atoms with Crippen molar-refractivity contribution >= 4 is 11.6 Å². The third-order valence-corrected chi connectivity index (χ3v) is 3.43. The Kier molecular flexibility index (Phi) is 5.83. The van der Waals surface area contributed by atoms with E-state index < -0.39 is 0 Å². The second kappa shape index (κ2) is 6.65. The molecule has 0 radical (unpaired) electrons. The molecule has 0 bridgehead atoms. The zero-order chi connectivity index (χ0) is 10.4. The number of likely N-dealkylation sites (tertiary alicyclic amines) is 1. The first kappa shape index (κ1) is 12.3. The number of hydrogen-bond acceptors (Lipinski definition) is 2. The summed E-state index contributed by atoms with van der Waals surface area (Å²) in [6.45, 7) is 4.33. The number of ether oxygens (including phenoxy) is 1. The molecule has 0 N–H and O–H groups in total. The van der Waals surface area contributed by atoms with Crippen molar-refractivity contribution in [1.82, 2.24) is 4.90 Å². The van der Waals surface area contributed by atoms with Crippen LogP contribution >= 0.6 is 11.6 Å². The Bertz CT molecular complexity index is 154. The molecule has 0 spiro atoms. The van der Waals surface area contributed by atoms with Crippen molar-refractivity contribution in [3.8, 4) is 0 Å². The van der Waals surface area contributed by atoms with Crippen LogP contribution in [-0.2, 0) is 4.74 Å². The summed E-state index contributed by atoms with van der Waals surface area (Å²) in [5.41, 5.74) is 0. The largest absolute Gasteiger partial charge is 0.380 e. The van der Waals surface area contributed by atoms with Gasteiger partial charge in [-0.3, -0.25) is 4.90 Å². The minimum atomic E-state index is 0.318. The van der Waals surface area contributed by atoms with Gasteiger partial charge in [0, 0.05) is 25.6 Å². The van der Waals surface area contributed by atoms with Crippen molar-refractivity contribution in [1.29, 1.82) is 0 Å². The maximum Gasteiger partial charge on any atom is 0.0670 e. The smallest absolute Gasteiger partial charge is 0.0670 e. The van der Waals surface area contributed by atoms with E-state index in [0.717, 1.165) is 12.4 Å². The van der Waals surface area contributed by atoms with Gasteiger partial charge >= 0.3 is 0 Å². The molecule has 2 atom stereocenters. The lowest BCUT2D eigenvalue weighted by Crippen LogP contribution is -2.41. The van der Waals surface area contributed by atoms with E-state index in [0.29, 0.717) is 12.1 Å². The first-order chi connectivity index (χ1) is 6.77. The van der Waals surface area contributed by atoms with Crippen molar-refractivity contribution in [3.05, 3.63) is 0 Å². The van der Waals surface area contributed by atoms with Crippen molar-refractivity contribution in [2.75, 3.05) is 26.1 Å². The molecule has 1 saturated heterocycles. The van der Waals surface area contributed by atoms with Gasteiger partial charge in [-0.2, -0.15) is 0 Å². The Labute approximate surface area is 92.6 Å². The van der Waals surface area contributed by atoms with E-state index in [9.17, 15) is 0 Å². The number of methoxy groups -OCH3 is 1. The standard InChI is InChI=1S/C11H22ClNO/c1-10(14-2)9-13-7-5-3-4-6-11(13)8-12/h10-11H,3-9H2,1-2H3. The van der Waals surface area contributed by atoms with Gasteiger partial charge in [0.05, 0.1) is 6.10 Å². The van der Waals surface area contributed by atoms with Crippen LogP contribution in [0.2, 0.25) is 0 Å². The molecule has 0 aromatic heterocycles. The molecule has 2 nitrogen and oxygen atoms in total. The normalized spacial score (nSPS) is 27.2. The summed E-state index contributed by atoms with van der Waals surface area (Å²) in [5, 5.41) is 0. The molecule has 1 aliphatic rings. The fourth-order valence-electron chi connectivity index (χ4n) is 2.06. The zero-order valence-corrected chi connectivity index (χ0v) is 10.1. The van der Waals surface area contributed by atoms with Gasteiger partial charge in [0.1, 0.15) is 0 Å². The molecule has 0 aliphatic carbocycles. The monoisotopic (exact) mass is 219 g/mol. The lowest BCUT2D eigenvalue weighted by molar-refractivity contribution is 0.0645. The summed E-state index contributed by atoms with van der Waals surface area (Å²) in [6.07, 6.45) is 5.56. The second-order valence-electron chi connectivity index (χ2n) is 4.20. The number of alkyl halides is 1. The Morgan fingerprint density at radius 2 is 2.21 bits per heavy atom. The quantitative estimate of drug-likeness (QED) is 0.674. The van der Waals surface area contributed by atoms with Crippen LogP contribution in [-0.4, -0.2) is 43.1 Å². The molecule has 0 aromatic rings. The Morgan fingerprint density at radius 1 is 1.43 bits per heavy atom. The Morgan fingerprint density at radius 3 is 2.86 bits per heavy atom. The lowest BCUT2D eigenvalue weighted by Gasteiger charge is -2.30. The maximum absolute atomic E-state index is 5.99. The minimum absolute atomic E-state index is 0.318. The average molecular weight is 220 g/mol. The van der Waals surface area contributed by atoms with E-state index in [2.05, 4.69) is 11.8 Å². The van der Waals surface area contributed by atoms with Gasteiger partial charge in [0.15, 0.2) is 0 Å². The van der Waals surface area contributed by atoms with E-state index in [4.69, 9.17) is 16.3 Å². The Hall–Kier alpha value is 0.210. The van der Waals surface area contributed by atoms with Gasteiger partial charge in [0.25, 0.3) is 0 Å². The maximum atomic E-state index is 5.99. The predicted molar refractivity (Wildman–Crippen MR) is 61.0 cm³/mol. The fourth-order valence-corrected chi connectivity index (χ4v) is 2.41. The molecule has 1 fully saturated rings. The number of halogens is 1. The van der Waals surface area contributed by atoms with Gasteiger partial charge in [-0.15, -0.1) is 11.6 Å². The third kappa shape index (κ3) is 3.76. The molecule has 1 aliphatic heterocycles. The highest BCUT2D eigenvalue weighted by Crippen LogP contribution is 2.18. The molecular weight excluding hydrogens is 198 g/mol. The van der Waals surface area contributed by atoms with E-state index in [1.165, 1.54) is 32.2 Å². The molecule has 14 heavy (non-hydrogen) atoms. The van der Waals surface area contributed by atoms with E-state index in [1.54, 1.807) is 7.11 Å². The highest BCUT2D eigenvalue weighted by atomic mass is 35.5. The highest BCUT2D eigenvalue weighted by molar-refractivity contribution is 6.18. The molecule has 0 amide bonds. The van der Waals surface area contributed by atoms with Gasteiger partial charge < -0.3 is 4.74 Å². The molecule has 3 heteroatoms. The van der Waals surface area contributed by atoms with Gasteiger partial charge in [-0.25, -0.2) is 0 Å². The molecular formula is C11H22ClNO. The molecule has 0 aromatic carbocycles. The number of nitrogens with zero attached hydrogens (tertiary/aromatic N) is 1. The van der Waals surface area contributed by atoms with Crippen molar-refractivity contribution in [2.24, 2.45) is 0 Å². The van der Waals surface area contributed by atoms with Crippen LogP contribution in [0, 0.1) is 0 Å². The van der Waals surface area contributed by atoms with Gasteiger partial charge in [-0.05, 0) is 26.3 Å². The molecule has 0 saturated carbocycles. The van der Waals surface area contributed by atoms with Crippen LogP contribution in [0.4, 0.5) is 0 Å². The number of hydrogen-bond donors (Lipinski definition) is 0. The third-order valence-electron chi connectivity index (χ3n) is 3.07. The molecule has 1 rings (SSSR count). The van der Waals surface area contributed by atoms with Gasteiger partial charge in [-0.1, -0.05) is 12.8 Å². The summed E-state index contributed by atoms with van der Waals surface area (Å²) in [4.78, 5) is 2.49. The van der Waals surface area contributed by atoms with Gasteiger partial charge in [0.2, 0.25) is 0 Å². The summed E-state index contributed by atoms with van der Waals surface area (Å²) in [7, 11) is 1.78. The summed E-state index contributed by atoms with van der Waals surface area (Å²) < 4.78 is 5.30. The van der Waals surface area contributed by atoms with E-state index in [-0.39, 0.29) is 0 Å². The van der Waals surface area contributed by atoms with Crippen LogP contribution in [0.15, 0.2) is 0 Å². The lowest BCUT2D eigenvalue weighted by atomic mass is 10.1. The van der Waals surface area contributed by atoms with Crippen LogP contribution in [0.1, 0.15) is 32.6 Å². The minimum Gasteiger partial charge on any atom is -0.380 e. The first-order valence-electron chi connectivity index (χ1n) is 5.60. The Balaban J connectivity index is 2.43. The van der Waals surface area contributed by atoms with Crippen molar-refractivity contribution in [3.63, 3.8) is 0 Å². The first-order valence-corrected chi connectivity index (χ1v) is 6.14. The molecule has 84 valence electrons. The van der Waals surface area contributed by atoms with E-state index >= 15 is 0 Å². The fraction of sp³-hybridized carbons (Fsp3) is 1.00. The number of rotatable bonds is 4. The van der Waals surface area contributed by atoms with Crippen LogP contribution in [0.25, 0.3) is 0 Å².